The summed E-state index contributed by atoms with van der Waals surface area (Å²) in [4.78, 5) is 0. The molecule has 2 rings (SSSR count). The van der Waals surface area contributed by atoms with Gasteiger partial charge in [0.05, 0.1) is 0 Å². The van der Waals surface area contributed by atoms with Crippen LogP contribution in [0.4, 0.5) is 0 Å². The van der Waals surface area contributed by atoms with Crippen LogP contribution in [-0.2, 0) is 5.41 Å². The lowest BCUT2D eigenvalue weighted by molar-refractivity contribution is 0.336. The highest BCUT2D eigenvalue weighted by Gasteiger charge is 2.35. The van der Waals surface area contributed by atoms with E-state index in [9.17, 15) is 10.2 Å². The molecule has 0 aliphatic carbocycles. The summed E-state index contributed by atoms with van der Waals surface area (Å²) in [7, 11) is 0. The number of aromatic hydroxyl groups is 2. The number of hydrogen-bond acceptors (Lipinski definition) is 3. The summed E-state index contributed by atoms with van der Waals surface area (Å²) in [6, 6.07) is 15.1. The Balaban J connectivity index is 2.41. The van der Waals surface area contributed by atoms with Crippen LogP contribution in [0.15, 0.2) is 48.5 Å². The Morgan fingerprint density at radius 3 is 1.96 bits per heavy atom. The van der Waals surface area contributed by atoms with Gasteiger partial charge in [-0.15, -0.1) is 0 Å². The van der Waals surface area contributed by atoms with Crippen molar-refractivity contribution in [3.63, 3.8) is 0 Å². The number of unbranched alkanes of at least 4 members (excludes halogenated alkanes) is 1. The molecule has 2 aromatic rings. The topological polar surface area (TPSA) is 66.5 Å². The SMILES string of the molecule is CC[C@@](C)(c1ccc(O)cc1)[C@H](CCCCN)c1ccc(O)cc1. The highest BCUT2D eigenvalue weighted by molar-refractivity contribution is 5.37. The number of hydrogen-bond donors (Lipinski definition) is 3. The van der Waals surface area contributed by atoms with Crippen molar-refractivity contribution in [1.29, 1.82) is 0 Å². The third kappa shape index (κ3) is 4.09. The quantitative estimate of drug-likeness (QED) is 0.617. The van der Waals surface area contributed by atoms with Gasteiger partial charge in [0.15, 0.2) is 0 Å². The molecule has 0 spiro atoms. The van der Waals surface area contributed by atoms with Crippen LogP contribution in [0.25, 0.3) is 0 Å². The molecule has 0 amide bonds. The van der Waals surface area contributed by atoms with Crippen LogP contribution in [0.2, 0.25) is 0 Å². The summed E-state index contributed by atoms with van der Waals surface area (Å²) in [5, 5.41) is 19.2. The number of benzene rings is 2. The van der Waals surface area contributed by atoms with E-state index in [1.807, 2.05) is 24.3 Å². The van der Waals surface area contributed by atoms with Crippen LogP contribution in [0.3, 0.4) is 0 Å². The Morgan fingerprint density at radius 1 is 0.917 bits per heavy atom. The first-order valence-electron chi connectivity index (χ1n) is 8.79. The zero-order valence-electron chi connectivity index (χ0n) is 14.7. The van der Waals surface area contributed by atoms with Gasteiger partial charge in [-0.25, -0.2) is 0 Å². The highest BCUT2D eigenvalue weighted by atomic mass is 16.3. The third-order valence-electron chi connectivity index (χ3n) is 5.27. The minimum Gasteiger partial charge on any atom is -0.508 e. The van der Waals surface area contributed by atoms with Gasteiger partial charge in [-0.2, -0.15) is 0 Å². The standard InChI is InChI=1S/C21H29NO2/c1-3-21(2,17-9-13-19(24)14-10-17)20(6-4-5-15-22)16-7-11-18(23)12-8-16/h7-14,20,23-24H,3-6,15,22H2,1-2H3/t20-,21+/m1/s1. The second-order valence-electron chi connectivity index (χ2n) is 6.75. The van der Waals surface area contributed by atoms with E-state index in [0.29, 0.717) is 24.0 Å². The number of nitrogens with two attached hydrogens (primary N) is 1. The molecule has 0 saturated carbocycles. The Morgan fingerprint density at radius 2 is 1.46 bits per heavy atom. The van der Waals surface area contributed by atoms with E-state index in [-0.39, 0.29) is 5.41 Å². The highest BCUT2D eigenvalue weighted by Crippen LogP contribution is 2.45. The molecule has 2 aromatic carbocycles. The van der Waals surface area contributed by atoms with Crippen molar-refractivity contribution in [2.24, 2.45) is 5.73 Å². The van der Waals surface area contributed by atoms with Crippen molar-refractivity contribution in [3.05, 3.63) is 59.7 Å². The fraction of sp³-hybridized carbons (Fsp3) is 0.429. The van der Waals surface area contributed by atoms with Gasteiger partial charge in [-0.05, 0) is 72.5 Å². The van der Waals surface area contributed by atoms with Crippen LogP contribution in [0.1, 0.15) is 56.6 Å². The maximum Gasteiger partial charge on any atom is 0.115 e. The Labute approximate surface area is 145 Å². The summed E-state index contributed by atoms with van der Waals surface area (Å²) in [5.74, 6) is 0.919. The zero-order chi connectivity index (χ0) is 17.6. The normalized spacial score (nSPS) is 15.0. The van der Waals surface area contributed by atoms with Gasteiger partial charge in [0.2, 0.25) is 0 Å². The first-order valence-corrected chi connectivity index (χ1v) is 8.79. The van der Waals surface area contributed by atoms with Gasteiger partial charge in [-0.1, -0.05) is 44.5 Å². The van der Waals surface area contributed by atoms with Gasteiger partial charge < -0.3 is 15.9 Å². The smallest absolute Gasteiger partial charge is 0.115 e. The number of rotatable bonds is 8. The summed E-state index contributed by atoms with van der Waals surface area (Å²) in [6.07, 6.45) is 4.14. The Kier molecular flexibility index (Phi) is 6.27. The first-order chi connectivity index (χ1) is 11.5. The molecule has 0 bridgehead atoms. The largest absolute Gasteiger partial charge is 0.508 e. The lowest BCUT2D eigenvalue weighted by Crippen LogP contribution is -2.30. The number of phenolic OH excluding ortho intramolecular Hbond substituents is 2. The van der Waals surface area contributed by atoms with Crippen molar-refractivity contribution in [1.82, 2.24) is 0 Å². The van der Waals surface area contributed by atoms with Crippen LogP contribution < -0.4 is 5.73 Å². The molecule has 0 aliphatic rings. The minimum absolute atomic E-state index is 0.0424. The predicted molar refractivity (Wildman–Crippen MR) is 99.5 cm³/mol. The lowest BCUT2D eigenvalue weighted by Gasteiger charge is -2.38. The molecule has 0 heterocycles. The molecule has 0 saturated heterocycles. The van der Waals surface area contributed by atoms with Crippen LogP contribution in [0, 0.1) is 0 Å². The van der Waals surface area contributed by atoms with Gasteiger partial charge in [0, 0.05) is 0 Å². The van der Waals surface area contributed by atoms with Gasteiger partial charge in [0.25, 0.3) is 0 Å². The van der Waals surface area contributed by atoms with Crippen LogP contribution >= 0.6 is 0 Å². The van der Waals surface area contributed by atoms with Gasteiger partial charge >= 0.3 is 0 Å². The third-order valence-corrected chi connectivity index (χ3v) is 5.27. The molecule has 0 aliphatic heterocycles. The molecular formula is C21H29NO2. The van der Waals surface area contributed by atoms with E-state index in [2.05, 4.69) is 13.8 Å². The molecule has 3 nitrogen and oxygen atoms in total. The average molecular weight is 327 g/mol. The van der Waals surface area contributed by atoms with Crippen molar-refractivity contribution in [3.8, 4) is 11.5 Å². The van der Waals surface area contributed by atoms with E-state index in [1.54, 1.807) is 24.3 Å². The zero-order valence-corrected chi connectivity index (χ0v) is 14.7. The fourth-order valence-electron chi connectivity index (χ4n) is 3.55. The molecule has 130 valence electrons. The Hall–Kier alpha value is -2.00. The second-order valence-corrected chi connectivity index (χ2v) is 6.75. The molecule has 2 atom stereocenters. The average Bonchev–Trinajstić information content (AvgIpc) is 2.60. The summed E-state index contributed by atoms with van der Waals surface area (Å²) < 4.78 is 0. The molecule has 0 aromatic heterocycles. The van der Waals surface area contributed by atoms with Gasteiger partial charge in [0.1, 0.15) is 11.5 Å². The van der Waals surface area contributed by atoms with Gasteiger partial charge in [-0.3, -0.25) is 0 Å². The maximum atomic E-state index is 9.62. The van der Waals surface area contributed by atoms with E-state index < -0.39 is 0 Å². The summed E-state index contributed by atoms with van der Waals surface area (Å²) >= 11 is 0. The molecule has 0 unspecified atom stereocenters. The summed E-state index contributed by atoms with van der Waals surface area (Å²) in [6.45, 7) is 5.22. The van der Waals surface area contributed by atoms with Crippen LogP contribution in [0.5, 0.6) is 11.5 Å². The minimum atomic E-state index is -0.0424. The van der Waals surface area contributed by atoms with Crippen molar-refractivity contribution in [2.45, 2.75) is 50.9 Å². The second kappa shape index (κ2) is 8.20. The molecule has 0 fully saturated rings. The summed E-state index contributed by atoms with van der Waals surface area (Å²) in [5.41, 5.74) is 8.11. The number of phenols is 2. The van der Waals surface area contributed by atoms with Crippen molar-refractivity contribution < 1.29 is 10.2 Å². The molecular weight excluding hydrogens is 298 g/mol. The van der Waals surface area contributed by atoms with Crippen LogP contribution in [-0.4, -0.2) is 16.8 Å². The molecule has 4 N–H and O–H groups in total. The molecule has 3 heteroatoms. The van der Waals surface area contributed by atoms with Crippen molar-refractivity contribution in [2.75, 3.05) is 6.54 Å². The predicted octanol–water partition coefficient (Wildman–Crippen LogP) is 4.68. The molecule has 24 heavy (non-hydrogen) atoms. The monoisotopic (exact) mass is 327 g/mol. The van der Waals surface area contributed by atoms with E-state index in [0.717, 1.165) is 25.7 Å². The maximum absolute atomic E-state index is 9.62. The lowest BCUT2D eigenvalue weighted by atomic mass is 9.65. The molecule has 0 radical (unpaired) electrons. The van der Waals surface area contributed by atoms with Crippen molar-refractivity contribution >= 4 is 0 Å². The fourth-order valence-corrected chi connectivity index (χ4v) is 3.55. The van der Waals surface area contributed by atoms with E-state index in [4.69, 9.17) is 5.73 Å². The van der Waals surface area contributed by atoms with E-state index >= 15 is 0 Å². The Bertz CT molecular complexity index is 621. The van der Waals surface area contributed by atoms with E-state index in [1.165, 1.54) is 11.1 Å². The first kappa shape index (κ1) is 18.3.